The zero-order chi connectivity index (χ0) is 38.5. The van der Waals surface area contributed by atoms with Gasteiger partial charge in [0.05, 0.1) is 26.4 Å². The zero-order valence-electron chi connectivity index (χ0n) is 30.5. The smallest absolute Gasteiger partial charge is 0.462 e. The highest BCUT2D eigenvalue weighted by Crippen LogP contribution is 2.45. The van der Waals surface area contributed by atoms with Gasteiger partial charge in [-0.25, -0.2) is 9.13 Å². The van der Waals surface area contributed by atoms with Crippen LogP contribution in [0.3, 0.4) is 0 Å². The highest BCUT2D eigenvalue weighted by molar-refractivity contribution is 7.47. The summed E-state index contributed by atoms with van der Waals surface area (Å²) in [7, 11) is -9.73. The average molecular weight is 779 g/mol. The van der Waals surface area contributed by atoms with E-state index in [0.29, 0.717) is 12.8 Å². The molecule has 0 radical (unpaired) electrons. The predicted octanol–water partition coefficient (Wildman–Crippen LogP) is 5.46. The lowest BCUT2D eigenvalue weighted by Gasteiger charge is -2.21. The molecule has 2 unspecified atom stereocenters. The molecule has 0 aliphatic heterocycles. The lowest BCUT2D eigenvalue weighted by molar-refractivity contribution is -0.160. The van der Waals surface area contributed by atoms with Crippen molar-refractivity contribution in [3.05, 3.63) is 0 Å². The number of phosphoric acid groups is 2. The van der Waals surface area contributed by atoms with Crippen molar-refractivity contribution in [3.63, 3.8) is 0 Å². The van der Waals surface area contributed by atoms with Crippen LogP contribution in [-0.2, 0) is 65.4 Å². The van der Waals surface area contributed by atoms with Crippen LogP contribution >= 0.6 is 15.6 Å². The van der Waals surface area contributed by atoms with E-state index >= 15 is 0 Å². The van der Waals surface area contributed by atoms with Crippen molar-refractivity contribution >= 4 is 39.5 Å². The molecule has 0 saturated heterocycles. The third kappa shape index (κ3) is 31.3. The number of aliphatic hydroxyl groups is 1. The monoisotopic (exact) mass is 778 g/mol. The van der Waals surface area contributed by atoms with E-state index in [4.69, 9.17) is 37.0 Å². The van der Waals surface area contributed by atoms with Gasteiger partial charge < -0.3 is 33.8 Å². The number of rotatable bonds is 33. The second-order valence-electron chi connectivity index (χ2n) is 12.0. The molecule has 0 rings (SSSR count). The molecule has 17 nitrogen and oxygen atoms in total. The quantitative estimate of drug-likeness (QED) is 0.0325. The Morgan fingerprint density at radius 1 is 0.510 bits per heavy atom. The second kappa shape index (κ2) is 29.5. The van der Waals surface area contributed by atoms with E-state index in [9.17, 15) is 43.2 Å². The number of ether oxygens (including phenoxy) is 4. The molecule has 0 aromatic heterocycles. The first-order valence-corrected chi connectivity index (χ1v) is 20.7. The summed E-state index contributed by atoms with van der Waals surface area (Å²) in [5, 5.41) is 10.1. The number of phosphoric ester groups is 2. The summed E-state index contributed by atoms with van der Waals surface area (Å²) in [6, 6.07) is 0. The fourth-order valence-corrected chi connectivity index (χ4v) is 5.84. The van der Waals surface area contributed by atoms with Gasteiger partial charge in [-0.2, -0.15) is 0 Å². The Bertz CT molecular complexity index is 1070. The third-order valence-corrected chi connectivity index (χ3v) is 8.87. The zero-order valence-corrected chi connectivity index (χ0v) is 32.3. The molecule has 3 N–H and O–H groups in total. The maximum atomic E-state index is 12.4. The van der Waals surface area contributed by atoms with E-state index in [1.807, 2.05) is 6.92 Å². The molecule has 0 aromatic rings. The Balaban J connectivity index is 4.71. The molecule has 19 heteroatoms. The highest BCUT2D eigenvalue weighted by atomic mass is 31.2. The lowest BCUT2D eigenvalue weighted by Crippen LogP contribution is -2.29. The van der Waals surface area contributed by atoms with Crippen molar-refractivity contribution < 1.29 is 80.2 Å². The number of carbonyl (C=O) groups excluding carboxylic acids is 4. The fraction of sp³-hybridized carbons (Fsp3) is 0.875. The first-order valence-electron chi connectivity index (χ1n) is 17.7. The standard InChI is InChI=1S/C32H60O17P2/c1-5-7-9-11-12-13-14-15-17-19-32(37)49-30(23-43-27(4)34)25-47-51(40,41)45-21-28(35)20-44-50(38,39)46-24-29(22-42-26(3)33)48-31(36)18-16-10-8-6-2/h28-30,35H,5-25H2,1-4H3,(H,38,39)(H,40,41)/t28-,29-,30-/m1/s1. The first kappa shape index (κ1) is 49.1. The van der Waals surface area contributed by atoms with Crippen LogP contribution in [-0.4, -0.2) is 96.7 Å². The van der Waals surface area contributed by atoms with Gasteiger partial charge in [-0.15, -0.1) is 0 Å². The van der Waals surface area contributed by atoms with E-state index in [1.54, 1.807) is 0 Å². The summed E-state index contributed by atoms with van der Waals surface area (Å²) in [5.74, 6) is -2.58. The van der Waals surface area contributed by atoms with Crippen molar-refractivity contribution in [1.29, 1.82) is 0 Å². The van der Waals surface area contributed by atoms with Gasteiger partial charge in [0, 0.05) is 26.7 Å². The second-order valence-corrected chi connectivity index (χ2v) is 14.9. The summed E-state index contributed by atoms with van der Waals surface area (Å²) in [6.07, 6.45) is 8.79. The minimum Gasteiger partial charge on any atom is -0.462 e. The summed E-state index contributed by atoms with van der Waals surface area (Å²) in [4.78, 5) is 66.9. The van der Waals surface area contributed by atoms with E-state index in [0.717, 1.165) is 58.8 Å². The molecule has 300 valence electrons. The van der Waals surface area contributed by atoms with Crippen LogP contribution in [0.5, 0.6) is 0 Å². The molecule has 5 atom stereocenters. The number of hydrogen-bond donors (Lipinski definition) is 3. The molecule has 0 fully saturated rings. The molecular formula is C32H60O17P2. The molecule has 0 spiro atoms. The van der Waals surface area contributed by atoms with Crippen LogP contribution in [0.1, 0.15) is 124 Å². The van der Waals surface area contributed by atoms with Crippen LogP contribution in [0.4, 0.5) is 0 Å². The number of hydrogen-bond acceptors (Lipinski definition) is 15. The van der Waals surface area contributed by atoms with Crippen molar-refractivity contribution in [2.24, 2.45) is 0 Å². The van der Waals surface area contributed by atoms with Gasteiger partial charge >= 0.3 is 39.5 Å². The Kier molecular flexibility index (Phi) is 28.4. The van der Waals surface area contributed by atoms with Gasteiger partial charge in [-0.3, -0.25) is 37.3 Å². The molecule has 0 aliphatic carbocycles. The molecule has 0 heterocycles. The van der Waals surface area contributed by atoms with Gasteiger partial charge in [0.25, 0.3) is 0 Å². The van der Waals surface area contributed by atoms with Crippen LogP contribution < -0.4 is 0 Å². The summed E-state index contributed by atoms with van der Waals surface area (Å²) >= 11 is 0. The summed E-state index contributed by atoms with van der Waals surface area (Å²) in [5.41, 5.74) is 0. The Morgan fingerprint density at radius 3 is 1.18 bits per heavy atom. The Morgan fingerprint density at radius 2 is 0.824 bits per heavy atom. The molecule has 51 heavy (non-hydrogen) atoms. The maximum Gasteiger partial charge on any atom is 0.472 e. The van der Waals surface area contributed by atoms with Crippen molar-refractivity contribution in [2.75, 3.05) is 39.6 Å². The maximum absolute atomic E-state index is 12.4. The summed E-state index contributed by atoms with van der Waals surface area (Å²) in [6.45, 7) is 2.38. The SMILES string of the molecule is CCCCCCCCCCCC(=O)O[C@H](COC(C)=O)COP(=O)(O)OC[C@H](O)COP(=O)(O)OC[C@@H](COC(C)=O)OC(=O)CCCCCC. The fourth-order valence-electron chi connectivity index (χ4n) is 4.26. The van der Waals surface area contributed by atoms with Crippen molar-refractivity contribution in [1.82, 2.24) is 0 Å². The Labute approximate surface area is 301 Å². The first-order chi connectivity index (χ1) is 24.1. The van der Waals surface area contributed by atoms with Gasteiger partial charge in [0.15, 0.2) is 12.2 Å². The van der Waals surface area contributed by atoms with E-state index in [-0.39, 0.29) is 12.8 Å². The molecule has 0 saturated carbocycles. The normalized spacial score (nSPS) is 15.5. The summed E-state index contributed by atoms with van der Waals surface area (Å²) < 4.78 is 63.9. The van der Waals surface area contributed by atoms with Gasteiger partial charge in [-0.05, 0) is 12.8 Å². The lowest BCUT2D eigenvalue weighted by atomic mass is 10.1. The molecular weight excluding hydrogens is 718 g/mol. The molecule has 0 aromatic carbocycles. The largest absolute Gasteiger partial charge is 0.472 e. The molecule has 0 aliphatic rings. The van der Waals surface area contributed by atoms with Crippen molar-refractivity contribution in [2.45, 2.75) is 142 Å². The average Bonchev–Trinajstić information content (AvgIpc) is 3.06. The number of unbranched alkanes of at least 4 members (excludes halogenated alkanes) is 11. The van der Waals surface area contributed by atoms with E-state index < -0.39 is 97.5 Å². The number of esters is 4. The third-order valence-electron chi connectivity index (χ3n) is 6.97. The number of aliphatic hydroxyl groups excluding tert-OH is 1. The van der Waals surface area contributed by atoms with Gasteiger partial charge in [-0.1, -0.05) is 84.5 Å². The topological polar surface area (TPSA) is 237 Å². The molecule has 0 bridgehead atoms. The van der Waals surface area contributed by atoms with Crippen LogP contribution in [0, 0.1) is 0 Å². The van der Waals surface area contributed by atoms with Gasteiger partial charge in [0.2, 0.25) is 0 Å². The Hall–Kier alpha value is -1.94. The number of carbonyl (C=O) groups is 4. The van der Waals surface area contributed by atoms with E-state index in [2.05, 4.69) is 6.92 Å². The minimum absolute atomic E-state index is 0.0892. The van der Waals surface area contributed by atoms with E-state index in [1.165, 1.54) is 25.7 Å². The van der Waals surface area contributed by atoms with Crippen molar-refractivity contribution in [3.8, 4) is 0 Å². The minimum atomic E-state index is -4.87. The highest BCUT2D eigenvalue weighted by Gasteiger charge is 2.30. The van der Waals surface area contributed by atoms with Gasteiger partial charge in [0.1, 0.15) is 19.3 Å². The molecule has 0 amide bonds. The van der Waals surface area contributed by atoms with Crippen LogP contribution in [0.25, 0.3) is 0 Å². The van der Waals surface area contributed by atoms with Crippen LogP contribution in [0.15, 0.2) is 0 Å². The predicted molar refractivity (Wildman–Crippen MR) is 183 cm³/mol. The van der Waals surface area contributed by atoms with Crippen LogP contribution in [0.2, 0.25) is 0 Å².